The summed E-state index contributed by atoms with van der Waals surface area (Å²) in [4.78, 5) is 10.7. The molecular weight excluding hydrogens is 290 g/mol. The van der Waals surface area contributed by atoms with Crippen LogP contribution < -0.4 is 4.72 Å². The number of nitrogens with zero attached hydrogens (tertiary/aromatic N) is 1. The zero-order valence-electron chi connectivity index (χ0n) is 9.87. The fourth-order valence-electron chi connectivity index (χ4n) is 1.35. The molecule has 0 fully saturated rings. The number of anilines is 1. The van der Waals surface area contributed by atoms with Gasteiger partial charge in [0.1, 0.15) is 4.21 Å². The van der Waals surface area contributed by atoms with Crippen LogP contribution in [0.15, 0.2) is 21.7 Å². The monoisotopic (exact) mass is 301 g/mol. The average molecular weight is 301 g/mol. The maximum absolute atomic E-state index is 12.0. The molecule has 0 amide bonds. The summed E-state index contributed by atoms with van der Waals surface area (Å²) in [7, 11) is -3.80. The lowest BCUT2D eigenvalue weighted by molar-refractivity contribution is 0.0697. The number of aromatic carboxylic acids is 1. The third-order valence-corrected chi connectivity index (χ3v) is 5.13. The number of carboxylic acids is 1. The van der Waals surface area contributed by atoms with E-state index in [1.807, 2.05) is 6.92 Å². The molecule has 0 bridgehead atoms. The molecule has 2 aromatic rings. The SMILES string of the molecule is CCc1cc(NS(=O)(=O)c2cc(C(=O)O)cs2)n[nH]1. The number of aryl methyl sites for hydroxylation is 1. The minimum absolute atomic E-state index is 0.0540. The molecule has 0 aliphatic carbocycles. The van der Waals surface area contributed by atoms with Crippen molar-refractivity contribution in [2.45, 2.75) is 17.6 Å². The molecule has 0 aromatic carbocycles. The molecule has 102 valence electrons. The number of nitrogens with one attached hydrogen (secondary N) is 2. The lowest BCUT2D eigenvalue weighted by Gasteiger charge is -2.01. The van der Waals surface area contributed by atoms with E-state index < -0.39 is 16.0 Å². The van der Waals surface area contributed by atoms with Crippen molar-refractivity contribution in [1.29, 1.82) is 0 Å². The van der Waals surface area contributed by atoms with Crippen LogP contribution in [0.1, 0.15) is 23.0 Å². The summed E-state index contributed by atoms with van der Waals surface area (Å²) in [5.74, 6) is -0.979. The number of rotatable bonds is 5. The van der Waals surface area contributed by atoms with Crippen molar-refractivity contribution < 1.29 is 18.3 Å². The Morgan fingerprint density at radius 2 is 2.26 bits per heavy atom. The highest BCUT2D eigenvalue weighted by Gasteiger charge is 2.20. The van der Waals surface area contributed by atoms with Crippen LogP contribution >= 0.6 is 11.3 Å². The van der Waals surface area contributed by atoms with Crippen LogP contribution in [0.25, 0.3) is 0 Å². The molecule has 19 heavy (non-hydrogen) atoms. The van der Waals surface area contributed by atoms with Crippen LogP contribution in [-0.2, 0) is 16.4 Å². The van der Waals surface area contributed by atoms with Gasteiger partial charge < -0.3 is 5.11 Å². The zero-order valence-corrected chi connectivity index (χ0v) is 11.5. The van der Waals surface area contributed by atoms with Gasteiger partial charge in [-0.25, -0.2) is 13.2 Å². The number of aromatic amines is 1. The molecule has 3 N–H and O–H groups in total. The fourth-order valence-corrected chi connectivity index (χ4v) is 3.50. The van der Waals surface area contributed by atoms with Crippen molar-refractivity contribution in [3.05, 3.63) is 28.8 Å². The first-order valence-corrected chi connectivity index (χ1v) is 7.67. The smallest absolute Gasteiger partial charge is 0.336 e. The third-order valence-electron chi connectivity index (χ3n) is 2.34. The number of thiophene rings is 1. The van der Waals surface area contributed by atoms with Gasteiger partial charge >= 0.3 is 5.97 Å². The molecule has 0 atom stereocenters. The van der Waals surface area contributed by atoms with Crippen LogP contribution in [0.5, 0.6) is 0 Å². The fraction of sp³-hybridized carbons (Fsp3) is 0.200. The summed E-state index contributed by atoms with van der Waals surface area (Å²) in [6.07, 6.45) is 0.705. The van der Waals surface area contributed by atoms with Crippen molar-refractivity contribution >= 4 is 33.1 Å². The molecule has 0 aliphatic rings. The van der Waals surface area contributed by atoms with Crippen LogP contribution in [0.4, 0.5) is 5.82 Å². The number of hydrogen-bond acceptors (Lipinski definition) is 5. The first-order chi connectivity index (χ1) is 8.92. The number of H-pyrrole nitrogens is 1. The highest BCUT2D eigenvalue weighted by atomic mass is 32.2. The molecule has 0 aliphatic heterocycles. The highest BCUT2D eigenvalue weighted by Crippen LogP contribution is 2.22. The number of hydrogen-bond donors (Lipinski definition) is 3. The normalized spacial score (nSPS) is 11.4. The molecular formula is C10H11N3O4S2. The minimum Gasteiger partial charge on any atom is -0.478 e. The molecule has 0 radical (unpaired) electrons. The molecule has 0 saturated heterocycles. The van der Waals surface area contributed by atoms with Gasteiger partial charge in [0.25, 0.3) is 10.0 Å². The van der Waals surface area contributed by atoms with Gasteiger partial charge in [-0.15, -0.1) is 11.3 Å². The van der Waals surface area contributed by atoms with Gasteiger partial charge in [-0.3, -0.25) is 9.82 Å². The Bertz CT molecular complexity index is 702. The second kappa shape index (κ2) is 5.02. The zero-order chi connectivity index (χ0) is 14.0. The largest absolute Gasteiger partial charge is 0.478 e. The number of carbonyl (C=O) groups is 1. The first-order valence-electron chi connectivity index (χ1n) is 5.31. The van der Waals surface area contributed by atoms with Crippen molar-refractivity contribution in [3.8, 4) is 0 Å². The lowest BCUT2D eigenvalue weighted by atomic mass is 10.3. The Hall–Kier alpha value is -1.87. The third kappa shape index (κ3) is 2.93. The predicted molar refractivity (Wildman–Crippen MR) is 70.1 cm³/mol. The Labute approximate surface area is 113 Å². The Morgan fingerprint density at radius 3 is 2.79 bits per heavy atom. The van der Waals surface area contributed by atoms with Crippen LogP contribution in [0.3, 0.4) is 0 Å². The Morgan fingerprint density at radius 1 is 1.53 bits per heavy atom. The Balaban J connectivity index is 2.24. The molecule has 2 rings (SSSR count). The van der Waals surface area contributed by atoms with E-state index in [-0.39, 0.29) is 15.6 Å². The van der Waals surface area contributed by atoms with Crippen molar-refractivity contribution in [2.75, 3.05) is 4.72 Å². The Kier molecular flexibility index (Phi) is 3.58. The van der Waals surface area contributed by atoms with Crippen LogP contribution in [-0.4, -0.2) is 29.7 Å². The van der Waals surface area contributed by atoms with Gasteiger partial charge in [-0.2, -0.15) is 5.10 Å². The van der Waals surface area contributed by atoms with E-state index in [0.29, 0.717) is 6.42 Å². The predicted octanol–water partition coefficient (Wildman–Crippen LogP) is 1.53. The minimum atomic E-state index is -3.80. The van der Waals surface area contributed by atoms with Gasteiger partial charge in [0.15, 0.2) is 5.82 Å². The summed E-state index contributed by atoms with van der Waals surface area (Å²) in [5, 5.41) is 16.5. The van der Waals surface area contributed by atoms with Gasteiger partial charge in [-0.1, -0.05) is 6.92 Å². The van der Waals surface area contributed by atoms with E-state index in [1.165, 1.54) is 5.38 Å². The van der Waals surface area contributed by atoms with Crippen molar-refractivity contribution in [1.82, 2.24) is 10.2 Å². The second-order valence-electron chi connectivity index (χ2n) is 3.70. The topological polar surface area (TPSA) is 112 Å². The first kappa shape index (κ1) is 13.6. The number of carboxylic acid groups (broad SMARTS) is 1. The quantitative estimate of drug-likeness (QED) is 0.775. The molecule has 0 saturated carbocycles. The van der Waals surface area contributed by atoms with Crippen molar-refractivity contribution in [3.63, 3.8) is 0 Å². The van der Waals surface area contributed by atoms with Crippen molar-refractivity contribution in [2.24, 2.45) is 0 Å². The molecule has 2 aromatic heterocycles. The van der Waals surface area contributed by atoms with E-state index in [4.69, 9.17) is 5.11 Å². The summed E-state index contributed by atoms with van der Waals surface area (Å²) in [5.41, 5.74) is 0.747. The van der Waals surface area contributed by atoms with Gasteiger partial charge in [0.05, 0.1) is 5.56 Å². The highest BCUT2D eigenvalue weighted by molar-refractivity contribution is 7.94. The standard InChI is InChI=1S/C10H11N3O4S2/c1-2-7-4-8(12-11-7)13-19(16,17)9-3-6(5-18-9)10(14)15/h3-5H,2H2,1H3,(H,14,15)(H2,11,12,13). The maximum atomic E-state index is 12.0. The van der Waals surface area contributed by atoms with E-state index in [1.54, 1.807) is 6.07 Å². The lowest BCUT2D eigenvalue weighted by Crippen LogP contribution is -2.11. The summed E-state index contributed by atoms with van der Waals surface area (Å²) in [6, 6.07) is 2.70. The number of sulfonamides is 1. The van der Waals surface area contributed by atoms with E-state index in [2.05, 4.69) is 14.9 Å². The second-order valence-corrected chi connectivity index (χ2v) is 6.52. The molecule has 0 spiro atoms. The molecule has 9 heteroatoms. The maximum Gasteiger partial charge on any atom is 0.336 e. The van der Waals surface area contributed by atoms with Gasteiger partial charge in [0.2, 0.25) is 0 Å². The van der Waals surface area contributed by atoms with E-state index in [0.717, 1.165) is 23.1 Å². The summed E-state index contributed by atoms with van der Waals surface area (Å²) >= 11 is 0.847. The van der Waals surface area contributed by atoms with Gasteiger partial charge in [-0.05, 0) is 12.5 Å². The summed E-state index contributed by atoms with van der Waals surface area (Å²) in [6.45, 7) is 1.91. The van der Waals surface area contributed by atoms with E-state index in [9.17, 15) is 13.2 Å². The van der Waals surface area contributed by atoms with E-state index >= 15 is 0 Å². The van der Waals surface area contributed by atoms with Crippen LogP contribution in [0.2, 0.25) is 0 Å². The average Bonchev–Trinajstić information content (AvgIpc) is 2.95. The van der Waals surface area contributed by atoms with Gasteiger partial charge in [0, 0.05) is 17.1 Å². The van der Waals surface area contributed by atoms with Crippen LogP contribution in [0, 0.1) is 0 Å². The summed E-state index contributed by atoms with van der Waals surface area (Å²) < 4.78 is 26.2. The molecule has 0 unspecified atom stereocenters. The molecule has 7 nitrogen and oxygen atoms in total. The molecule has 2 heterocycles. The number of aromatic nitrogens is 2.